The van der Waals surface area contributed by atoms with Crippen LogP contribution < -0.4 is 0 Å². The van der Waals surface area contributed by atoms with E-state index in [1.165, 1.54) is 0 Å². The number of aliphatic hydroxyl groups is 2. The van der Waals surface area contributed by atoms with Crippen molar-refractivity contribution in [3.05, 3.63) is 0 Å². The van der Waals surface area contributed by atoms with Gasteiger partial charge in [-0.2, -0.15) is 5.10 Å². The number of hydrogen-bond acceptors (Lipinski definition) is 4. The van der Waals surface area contributed by atoms with Gasteiger partial charge in [0.15, 0.2) is 0 Å². The number of nitrogens with zero attached hydrogens (tertiary/aromatic N) is 2. The Labute approximate surface area is 67.1 Å². The van der Waals surface area contributed by atoms with Crippen LogP contribution in [-0.2, 0) is 0 Å². The van der Waals surface area contributed by atoms with Crippen LogP contribution in [0.3, 0.4) is 0 Å². The lowest BCUT2D eigenvalue weighted by Crippen LogP contribution is -2.27. The fourth-order valence-electron chi connectivity index (χ4n) is 0.631. The van der Waals surface area contributed by atoms with Crippen molar-refractivity contribution >= 4 is 6.21 Å². The van der Waals surface area contributed by atoms with Gasteiger partial charge in [0.1, 0.15) is 0 Å². The number of rotatable bonds is 5. The number of aliphatic hydroxyl groups excluding tert-OH is 2. The predicted molar refractivity (Wildman–Crippen MR) is 44.5 cm³/mol. The van der Waals surface area contributed by atoms with Crippen molar-refractivity contribution in [2.24, 2.45) is 5.10 Å². The standard InChI is InChI=1S/C7H16N2O2/c1-3-4-8-9(2)5-7(11)6-10/h4,7,10-11H,3,5-6H2,1-2H3/b8-4-/t7-/m0/s1. The first-order valence-corrected chi connectivity index (χ1v) is 3.73. The molecule has 0 rings (SSSR count). The molecule has 66 valence electrons. The molecule has 0 heterocycles. The monoisotopic (exact) mass is 160 g/mol. The lowest BCUT2D eigenvalue weighted by atomic mass is 10.4. The van der Waals surface area contributed by atoms with Crippen molar-refractivity contribution in [2.75, 3.05) is 20.2 Å². The normalized spacial score (nSPS) is 13.8. The van der Waals surface area contributed by atoms with Crippen LogP contribution >= 0.6 is 0 Å². The summed E-state index contributed by atoms with van der Waals surface area (Å²) in [4.78, 5) is 0. The molecule has 0 aromatic heterocycles. The largest absolute Gasteiger partial charge is 0.394 e. The number of likely N-dealkylation sites (N-methyl/N-ethyl adjacent to an activating group) is 1. The summed E-state index contributed by atoms with van der Waals surface area (Å²) >= 11 is 0. The number of hydrogen-bond donors (Lipinski definition) is 2. The zero-order valence-electron chi connectivity index (χ0n) is 7.06. The summed E-state index contributed by atoms with van der Waals surface area (Å²) in [5.41, 5.74) is 0. The van der Waals surface area contributed by atoms with E-state index in [1.54, 1.807) is 18.3 Å². The van der Waals surface area contributed by atoms with E-state index >= 15 is 0 Å². The van der Waals surface area contributed by atoms with Gasteiger partial charge in [0.25, 0.3) is 0 Å². The molecule has 2 N–H and O–H groups in total. The minimum absolute atomic E-state index is 0.216. The van der Waals surface area contributed by atoms with Crippen LogP contribution in [0.4, 0.5) is 0 Å². The molecule has 0 saturated carbocycles. The van der Waals surface area contributed by atoms with Crippen LogP contribution in [0, 0.1) is 0 Å². The van der Waals surface area contributed by atoms with E-state index in [9.17, 15) is 0 Å². The van der Waals surface area contributed by atoms with Crippen LogP contribution in [0.1, 0.15) is 13.3 Å². The van der Waals surface area contributed by atoms with E-state index in [1.807, 2.05) is 6.92 Å². The van der Waals surface area contributed by atoms with Gasteiger partial charge >= 0.3 is 0 Å². The van der Waals surface area contributed by atoms with Gasteiger partial charge in [-0.1, -0.05) is 6.92 Å². The molecule has 0 saturated heterocycles. The predicted octanol–water partition coefficient (Wildman–Crippen LogP) is -0.333. The van der Waals surface area contributed by atoms with Gasteiger partial charge in [-0.05, 0) is 6.42 Å². The van der Waals surface area contributed by atoms with Crippen LogP contribution in [0.25, 0.3) is 0 Å². The van der Waals surface area contributed by atoms with Gasteiger partial charge in [-0.25, -0.2) is 0 Å². The summed E-state index contributed by atoms with van der Waals surface area (Å²) in [6.07, 6.45) is 1.93. The summed E-state index contributed by atoms with van der Waals surface area (Å²) < 4.78 is 0. The van der Waals surface area contributed by atoms with Gasteiger partial charge in [0.2, 0.25) is 0 Å². The molecule has 0 unspecified atom stereocenters. The summed E-state index contributed by atoms with van der Waals surface area (Å²) in [6.45, 7) is 2.14. The van der Waals surface area contributed by atoms with E-state index < -0.39 is 6.10 Å². The zero-order valence-corrected chi connectivity index (χ0v) is 7.06. The van der Waals surface area contributed by atoms with E-state index in [0.717, 1.165) is 6.42 Å². The smallest absolute Gasteiger partial charge is 0.0961 e. The van der Waals surface area contributed by atoms with Crippen LogP contribution in [0.2, 0.25) is 0 Å². The highest BCUT2D eigenvalue weighted by molar-refractivity contribution is 5.55. The summed E-state index contributed by atoms with van der Waals surface area (Å²) in [6, 6.07) is 0. The minimum atomic E-state index is -0.700. The molecule has 1 atom stereocenters. The Morgan fingerprint density at radius 1 is 1.64 bits per heavy atom. The highest BCUT2D eigenvalue weighted by Crippen LogP contribution is 1.88. The van der Waals surface area contributed by atoms with Crippen molar-refractivity contribution < 1.29 is 10.2 Å². The second kappa shape index (κ2) is 6.12. The van der Waals surface area contributed by atoms with Crippen LogP contribution in [-0.4, -0.2) is 47.7 Å². The zero-order chi connectivity index (χ0) is 8.69. The van der Waals surface area contributed by atoms with Crippen molar-refractivity contribution in [1.29, 1.82) is 0 Å². The average molecular weight is 160 g/mol. The highest BCUT2D eigenvalue weighted by atomic mass is 16.3. The number of hydrazone groups is 1. The van der Waals surface area contributed by atoms with Gasteiger partial charge in [-0.15, -0.1) is 0 Å². The van der Waals surface area contributed by atoms with Crippen molar-refractivity contribution in [2.45, 2.75) is 19.4 Å². The second-order valence-electron chi connectivity index (χ2n) is 2.38. The molecule has 4 nitrogen and oxygen atoms in total. The SMILES string of the molecule is CC/C=N\N(C)C[C@H](O)CO. The van der Waals surface area contributed by atoms with E-state index in [0.29, 0.717) is 6.54 Å². The Hall–Kier alpha value is -0.610. The quantitative estimate of drug-likeness (QED) is 0.427. The maximum atomic E-state index is 8.96. The third-order valence-electron chi connectivity index (χ3n) is 1.15. The average Bonchev–Trinajstić information content (AvgIpc) is 2.00. The molecule has 4 heteroatoms. The fraction of sp³-hybridized carbons (Fsp3) is 0.857. The third-order valence-corrected chi connectivity index (χ3v) is 1.15. The second-order valence-corrected chi connectivity index (χ2v) is 2.38. The molecule has 0 aromatic carbocycles. The summed E-state index contributed by atoms with van der Waals surface area (Å²) in [7, 11) is 1.76. The van der Waals surface area contributed by atoms with E-state index in [4.69, 9.17) is 10.2 Å². The molecule has 0 aliphatic carbocycles. The van der Waals surface area contributed by atoms with Gasteiger partial charge in [-0.3, -0.25) is 5.01 Å². The Morgan fingerprint density at radius 2 is 2.27 bits per heavy atom. The lowest BCUT2D eigenvalue weighted by molar-refractivity contribution is 0.0676. The van der Waals surface area contributed by atoms with Gasteiger partial charge < -0.3 is 10.2 Å². The maximum Gasteiger partial charge on any atom is 0.0961 e. The Balaban J connectivity index is 3.50. The topological polar surface area (TPSA) is 56.1 Å². The summed E-state index contributed by atoms with van der Waals surface area (Å²) in [5.74, 6) is 0. The molecule has 0 aliphatic heterocycles. The molecule has 0 aromatic rings. The third kappa shape index (κ3) is 5.82. The van der Waals surface area contributed by atoms with Crippen LogP contribution in [0.5, 0.6) is 0 Å². The summed E-state index contributed by atoms with van der Waals surface area (Å²) in [5, 5.41) is 23.0. The van der Waals surface area contributed by atoms with Gasteiger partial charge in [0, 0.05) is 13.3 Å². The van der Waals surface area contributed by atoms with E-state index in [-0.39, 0.29) is 6.61 Å². The molecular weight excluding hydrogens is 144 g/mol. The first-order valence-electron chi connectivity index (χ1n) is 3.73. The highest BCUT2D eigenvalue weighted by Gasteiger charge is 2.02. The molecule has 0 spiro atoms. The fourth-order valence-corrected chi connectivity index (χ4v) is 0.631. The van der Waals surface area contributed by atoms with Crippen molar-refractivity contribution in [1.82, 2.24) is 5.01 Å². The molecule has 0 fully saturated rings. The molecular formula is C7H16N2O2. The first-order chi connectivity index (χ1) is 5.20. The molecule has 11 heavy (non-hydrogen) atoms. The van der Waals surface area contributed by atoms with Crippen molar-refractivity contribution in [3.8, 4) is 0 Å². The lowest BCUT2D eigenvalue weighted by Gasteiger charge is -2.15. The molecule has 0 bridgehead atoms. The maximum absolute atomic E-state index is 8.96. The Morgan fingerprint density at radius 3 is 2.73 bits per heavy atom. The Bertz CT molecular complexity index is 117. The molecule has 0 aliphatic rings. The van der Waals surface area contributed by atoms with E-state index in [2.05, 4.69) is 5.10 Å². The first kappa shape index (κ1) is 10.4. The van der Waals surface area contributed by atoms with Crippen molar-refractivity contribution in [3.63, 3.8) is 0 Å². The minimum Gasteiger partial charge on any atom is -0.394 e. The van der Waals surface area contributed by atoms with Gasteiger partial charge in [0.05, 0.1) is 19.3 Å². The molecule has 0 amide bonds. The Kier molecular flexibility index (Phi) is 5.78. The molecule has 0 radical (unpaired) electrons. The van der Waals surface area contributed by atoms with Crippen LogP contribution in [0.15, 0.2) is 5.10 Å².